The maximum atomic E-state index is 14.6. The molecule has 0 bridgehead atoms. The van der Waals surface area contributed by atoms with E-state index in [4.69, 9.17) is 10.5 Å². The van der Waals surface area contributed by atoms with Crippen LogP contribution in [0.15, 0.2) is 35.4 Å². The van der Waals surface area contributed by atoms with Crippen LogP contribution in [0.5, 0.6) is 5.75 Å². The number of amides is 1. The lowest BCUT2D eigenvalue weighted by Gasteiger charge is -2.37. The maximum absolute atomic E-state index is 14.6. The number of anilines is 1. The molecule has 12 heteroatoms. The summed E-state index contributed by atoms with van der Waals surface area (Å²) >= 11 is 0. The van der Waals surface area contributed by atoms with Crippen LogP contribution in [-0.4, -0.2) is 79.8 Å². The molecule has 1 aromatic carbocycles. The van der Waals surface area contributed by atoms with Gasteiger partial charge in [0.25, 0.3) is 0 Å². The topological polar surface area (TPSA) is 109 Å². The molecule has 0 saturated carbocycles. The van der Waals surface area contributed by atoms with Crippen LogP contribution in [0.25, 0.3) is 0 Å². The molecule has 0 atom stereocenters. The number of sulfonamides is 1. The van der Waals surface area contributed by atoms with Crippen molar-refractivity contribution in [3.8, 4) is 5.75 Å². The number of rotatable bonds is 7. The van der Waals surface area contributed by atoms with Crippen LogP contribution in [0.4, 0.5) is 14.6 Å². The first kappa shape index (κ1) is 27.2. The third-order valence-corrected chi connectivity index (χ3v) is 8.78. The summed E-state index contributed by atoms with van der Waals surface area (Å²) in [6.07, 6.45) is 3.58. The largest absolute Gasteiger partial charge is 0.486 e. The summed E-state index contributed by atoms with van der Waals surface area (Å²) in [5.41, 5.74) is 6.86. The Kier molecular flexibility index (Phi) is 8.29. The van der Waals surface area contributed by atoms with Crippen molar-refractivity contribution in [3.63, 3.8) is 0 Å². The van der Waals surface area contributed by atoms with Gasteiger partial charge in [-0.1, -0.05) is 0 Å². The monoisotopic (exact) mass is 537 g/mol. The fourth-order valence-electron chi connectivity index (χ4n) is 4.85. The zero-order chi connectivity index (χ0) is 26.7. The zero-order valence-electron chi connectivity index (χ0n) is 21.1. The lowest BCUT2D eigenvalue weighted by molar-refractivity contribution is -0.139. The molecule has 2 aliphatic rings. The number of ether oxygens (including phenoxy) is 1. The van der Waals surface area contributed by atoms with Gasteiger partial charge in [0.1, 0.15) is 22.6 Å². The Morgan fingerprint density at radius 3 is 2.41 bits per heavy atom. The van der Waals surface area contributed by atoms with Gasteiger partial charge in [-0.15, -0.1) is 0 Å². The number of carbonyl (C=O) groups is 1. The number of hydrogen-bond donors (Lipinski definition) is 1. The Hall–Kier alpha value is -2.83. The Morgan fingerprint density at radius 2 is 1.78 bits per heavy atom. The molecule has 4 rings (SSSR count). The van der Waals surface area contributed by atoms with E-state index < -0.39 is 38.4 Å². The van der Waals surface area contributed by atoms with E-state index in [0.717, 1.165) is 48.4 Å². The number of aromatic nitrogens is 1. The van der Waals surface area contributed by atoms with Crippen molar-refractivity contribution in [3.05, 3.63) is 47.7 Å². The van der Waals surface area contributed by atoms with E-state index in [-0.39, 0.29) is 11.8 Å². The molecule has 0 spiro atoms. The SMILES string of the molecule is CN(C)S(=O)(=O)c1cc(F)cc(F)c1OC1CCN(C(=O)C2CCN(Cc3ccnc(N)c3)CC2)CC1. The number of nitrogen functional groups attached to an aromatic ring is 1. The van der Waals surface area contributed by atoms with Gasteiger partial charge < -0.3 is 15.4 Å². The second kappa shape index (κ2) is 11.3. The van der Waals surface area contributed by atoms with Crippen molar-refractivity contribution < 1.29 is 26.7 Å². The van der Waals surface area contributed by atoms with Crippen molar-refractivity contribution in [1.29, 1.82) is 0 Å². The van der Waals surface area contributed by atoms with Gasteiger partial charge in [-0.25, -0.2) is 26.5 Å². The molecule has 0 aliphatic carbocycles. The number of benzene rings is 1. The first-order valence-electron chi connectivity index (χ1n) is 12.3. The summed E-state index contributed by atoms with van der Waals surface area (Å²) in [5.74, 6) is -2.00. The molecule has 2 saturated heterocycles. The molecule has 2 aromatic rings. The van der Waals surface area contributed by atoms with E-state index >= 15 is 0 Å². The van der Waals surface area contributed by atoms with Gasteiger partial charge in [0, 0.05) is 64.8 Å². The van der Waals surface area contributed by atoms with Gasteiger partial charge in [0.15, 0.2) is 11.6 Å². The maximum Gasteiger partial charge on any atom is 0.246 e. The number of likely N-dealkylation sites (tertiary alicyclic amines) is 2. The highest BCUT2D eigenvalue weighted by molar-refractivity contribution is 7.89. The van der Waals surface area contributed by atoms with Gasteiger partial charge in [-0.2, -0.15) is 0 Å². The first-order valence-corrected chi connectivity index (χ1v) is 13.8. The third-order valence-electron chi connectivity index (χ3n) is 6.96. The Balaban J connectivity index is 1.31. The normalized spacial score (nSPS) is 18.4. The molecule has 9 nitrogen and oxygen atoms in total. The van der Waals surface area contributed by atoms with Crippen LogP contribution < -0.4 is 10.5 Å². The molecule has 3 heterocycles. The number of halogens is 2. The van der Waals surface area contributed by atoms with E-state index in [1.165, 1.54) is 14.1 Å². The lowest BCUT2D eigenvalue weighted by Crippen LogP contribution is -2.47. The van der Waals surface area contributed by atoms with E-state index in [2.05, 4.69) is 9.88 Å². The predicted octanol–water partition coefficient (Wildman–Crippen LogP) is 2.47. The Labute approximate surface area is 216 Å². The summed E-state index contributed by atoms with van der Waals surface area (Å²) in [7, 11) is -1.55. The number of nitrogens with zero attached hydrogens (tertiary/aromatic N) is 4. The van der Waals surface area contributed by atoms with Crippen LogP contribution >= 0.6 is 0 Å². The van der Waals surface area contributed by atoms with Gasteiger partial charge in [-0.3, -0.25) is 9.69 Å². The molecule has 37 heavy (non-hydrogen) atoms. The molecule has 0 unspecified atom stereocenters. The number of carbonyl (C=O) groups excluding carboxylic acids is 1. The van der Waals surface area contributed by atoms with Crippen LogP contribution in [0, 0.1) is 17.6 Å². The summed E-state index contributed by atoms with van der Waals surface area (Å²) in [5, 5.41) is 0. The molecule has 0 radical (unpaired) electrons. The smallest absolute Gasteiger partial charge is 0.246 e. The zero-order valence-corrected chi connectivity index (χ0v) is 21.9. The second-order valence-electron chi connectivity index (χ2n) is 9.78. The van der Waals surface area contributed by atoms with Gasteiger partial charge in [0.05, 0.1) is 0 Å². The van der Waals surface area contributed by atoms with Crippen LogP contribution in [0.2, 0.25) is 0 Å². The minimum Gasteiger partial charge on any atom is -0.486 e. The molecule has 1 amide bonds. The van der Waals surface area contributed by atoms with Crippen molar-refractivity contribution in [1.82, 2.24) is 19.1 Å². The van der Waals surface area contributed by atoms with Crippen molar-refractivity contribution in [2.45, 2.75) is 43.2 Å². The van der Waals surface area contributed by atoms with E-state index in [0.29, 0.717) is 37.8 Å². The number of piperidine rings is 2. The van der Waals surface area contributed by atoms with Crippen LogP contribution in [0.3, 0.4) is 0 Å². The minimum absolute atomic E-state index is 0.0531. The Morgan fingerprint density at radius 1 is 1.11 bits per heavy atom. The molecule has 1 aromatic heterocycles. The second-order valence-corrected chi connectivity index (χ2v) is 11.9. The van der Waals surface area contributed by atoms with Crippen molar-refractivity contribution in [2.75, 3.05) is 46.0 Å². The predicted molar refractivity (Wildman–Crippen MR) is 134 cm³/mol. The molecule has 2 aliphatic heterocycles. The van der Waals surface area contributed by atoms with Gasteiger partial charge in [0.2, 0.25) is 15.9 Å². The van der Waals surface area contributed by atoms with Crippen molar-refractivity contribution in [2.24, 2.45) is 5.92 Å². The highest BCUT2D eigenvalue weighted by Crippen LogP contribution is 2.33. The van der Waals surface area contributed by atoms with Gasteiger partial charge in [-0.05, 0) is 49.7 Å². The minimum atomic E-state index is -4.12. The molecule has 2 N–H and O–H groups in total. The highest BCUT2D eigenvalue weighted by atomic mass is 32.2. The lowest BCUT2D eigenvalue weighted by atomic mass is 9.94. The number of pyridine rings is 1. The summed E-state index contributed by atoms with van der Waals surface area (Å²) in [6, 6.07) is 5.18. The van der Waals surface area contributed by atoms with Crippen LogP contribution in [0.1, 0.15) is 31.2 Å². The van der Waals surface area contributed by atoms with E-state index in [9.17, 15) is 22.0 Å². The fraction of sp³-hybridized carbons (Fsp3) is 0.520. The molecule has 2 fully saturated rings. The molecule has 202 valence electrons. The Bertz CT molecular complexity index is 1230. The molecular weight excluding hydrogens is 504 g/mol. The van der Waals surface area contributed by atoms with Crippen LogP contribution in [-0.2, 0) is 21.4 Å². The number of hydrogen-bond acceptors (Lipinski definition) is 7. The highest BCUT2D eigenvalue weighted by Gasteiger charge is 2.33. The summed E-state index contributed by atoms with van der Waals surface area (Å²) in [6.45, 7) is 3.25. The first-order chi connectivity index (χ1) is 17.5. The fourth-order valence-corrected chi connectivity index (χ4v) is 5.88. The summed E-state index contributed by atoms with van der Waals surface area (Å²) < 4.78 is 60.2. The average molecular weight is 538 g/mol. The third kappa shape index (κ3) is 6.36. The quantitative estimate of drug-likeness (QED) is 0.578. The average Bonchev–Trinajstić information content (AvgIpc) is 2.86. The standard InChI is InChI=1S/C25H33F2N5O4S/c1-30(2)37(34,35)22-15-19(26)14-21(27)24(22)36-20-6-11-32(12-7-20)25(33)18-4-9-31(10-5-18)16-17-3-8-29-23(28)13-17/h3,8,13-15,18,20H,4-7,9-12,16H2,1-2H3,(H2,28,29). The van der Waals surface area contributed by atoms with E-state index in [1.54, 1.807) is 6.20 Å². The summed E-state index contributed by atoms with van der Waals surface area (Å²) in [4.78, 5) is 20.7. The van der Waals surface area contributed by atoms with E-state index in [1.807, 2.05) is 17.0 Å². The molecular formula is C25H33F2N5O4S. The van der Waals surface area contributed by atoms with Gasteiger partial charge >= 0.3 is 0 Å². The van der Waals surface area contributed by atoms with Crippen molar-refractivity contribution >= 4 is 21.7 Å². The number of nitrogens with two attached hydrogens (primary N) is 1.